The summed E-state index contributed by atoms with van der Waals surface area (Å²) in [5, 5.41) is 0. The molecule has 3 rings (SSSR count). The molecule has 112 valence electrons. The zero-order valence-corrected chi connectivity index (χ0v) is 15.2. The highest BCUT2D eigenvalue weighted by Gasteiger charge is 2.27. The van der Waals surface area contributed by atoms with E-state index in [0.29, 0.717) is 5.54 Å². The first-order chi connectivity index (χ1) is 10.5. The molecule has 2 heteroatoms. The average Bonchev–Trinajstić information content (AvgIpc) is 2.55. The summed E-state index contributed by atoms with van der Waals surface area (Å²) < 4.78 is 0. The summed E-state index contributed by atoms with van der Waals surface area (Å²) in [6.45, 7) is 7.35. The summed E-state index contributed by atoms with van der Waals surface area (Å²) in [5.41, 5.74) is 3.24. The lowest BCUT2D eigenvalue weighted by molar-refractivity contribution is 1.27. The van der Waals surface area contributed by atoms with Crippen molar-refractivity contribution in [1.82, 2.24) is 0 Å². The second-order valence-electron chi connectivity index (χ2n) is 6.79. The van der Waals surface area contributed by atoms with Crippen LogP contribution in [0.4, 0.5) is 0 Å². The Morgan fingerprint density at radius 3 is 1.45 bits per heavy atom. The summed E-state index contributed by atoms with van der Waals surface area (Å²) >= 11 is 1.90. The zero-order chi connectivity index (χ0) is 15.6. The summed E-state index contributed by atoms with van der Waals surface area (Å²) in [4.78, 5) is 2.80. The molecule has 0 saturated heterocycles. The minimum Gasteiger partial charge on any atom is -0.0895 e. The van der Waals surface area contributed by atoms with Crippen LogP contribution in [0.25, 0.3) is 9.81 Å². The Morgan fingerprint density at radius 1 is 0.682 bits per heavy atom. The van der Waals surface area contributed by atoms with Gasteiger partial charge in [0.25, 0.3) is 0 Å². The third-order valence-electron chi connectivity index (χ3n) is 4.00. The van der Waals surface area contributed by atoms with E-state index >= 15 is 0 Å². The van der Waals surface area contributed by atoms with Crippen LogP contribution >= 0.6 is 11.8 Å². The maximum atomic E-state index is 2.48. The molecular weight excluding hydrogens is 300 g/mol. The van der Waals surface area contributed by atoms with Gasteiger partial charge in [0.05, 0.1) is 8.07 Å². The van der Waals surface area contributed by atoms with Gasteiger partial charge in [0.15, 0.2) is 0 Å². The predicted molar refractivity (Wildman–Crippen MR) is 104 cm³/mol. The van der Waals surface area contributed by atoms with Gasteiger partial charge in [-0.1, -0.05) is 104 Å². The van der Waals surface area contributed by atoms with E-state index < -0.39 is 8.07 Å². The minimum absolute atomic E-state index is 0.583. The lowest BCUT2D eigenvalue weighted by atomic mass is 10.1. The number of thioether (sulfide) groups is 1. The van der Waals surface area contributed by atoms with E-state index in [1.807, 2.05) is 11.8 Å². The minimum atomic E-state index is -1.27. The molecule has 0 unspecified atom stereocenters. The highest BCUT2D eigenvalue weighted by atomic mass is 32.2. The normalized spacial score (nSPS) is 16.1. The summed E-state index contributed by atoms with van der Waals surface area (Å²) in [6, 6.07) is 21.5. The topological polar surface area (TPSA) is 0 Å². The molecule has 0 bridgehead atoms. The standard InChI is InChI=1S/C20H22SSi/c1-22(2,3)18-14-19(16-10-6-4-7-11-16)21-20(15-18)17-12-8-5-9-13-17/h4-15,18H,1-3H3. The molecule has 0 amide bonds. The highest BCUT2D eigenvalue weighted by molar-refractivity contribution is 8.16. The SMILES string of the molecule is C[Si](C)(C)C1C=C(c2ccccc2)SC(c2ccccc2)=C1. The van der Waals surface area contributed by atoms with Gasteiger partial charge in [0, 0.05) is 9.81 Å². The molecule has 1 aliphatic rings. The molecule has 0 saturated carbocycles. The van der Waals surface area contributed by atoms with Gasteiger partial charge in [-0.2, -0.15) is 0 Å². The van der Waals surface area contributed by atoms with Gasteiger partial charge in [-0.05, 0) is 16.7 Å². The third kappa shape index (κ3) is 3.45. The average molecular weight is 323 g/mol. The maximum Gasteiger partial charge on any atom is 0.0559 e. The van der Waals surface area contributed by atoms with E-state index in [9.17, 15) is 0 Å². The molecule has 0 N–H and O–H groups in total. The molecule has 1 heterocycles. The molecule has 0 aromatic heterocycles. The van der Waals surface area contributed by atoms with Gasteiger partial charge in [0.2, 0.25) is 0 Å². The van der Waals surface area contributed by atoms with Crippen molar-refractivity contribution < 1.29 is 0 Å². The number of hydrogen-bond donors (Lipinski definition) is 0. The molecule has 0 atom stereocenters. The van der Waals surface area contributed by atoms with Gasteiger partial charge in [-0.25, -0.2) is 0 Å². The maximum absolute atomic E-state index is 2.48. The van der Waals surface area contributed by atoms with Crippen LogP contribution in [0.2, 0.25) is 25.2 Å². The predicted octanol–water partition coefficient (Wildman–Crippen LogP) is 6.52. The van der Waals surface area contributed by atoms with Gasteiger partial charge < -0.3 is 0 Å². The highest BCUT2D eigenvalue weighted by Crippen LogP contribution is 2.47. The largest absolute Gasteiger partial charge is 0.0895 e. The van der Waals surface area contributed by atoms with Crippen LogP contribution < -0.4 is 0 Å². The lowest BCUT2D eigenvalue weighted by Crippen LogP contribution is -2.26. The van der Waals surface area contributed by atoms with Crippen LogP contribution in [0.15, 0.2) is 72.8 Å². The molecular formula is C20H22SSi. The summed E-state index contributed by atoms with van der Waals surface area (Å²) in [5.74, 6) is 0. The van der Waals surface area contributed by atoms with Crippen molar-refractivity contribution in [1.29, 1.82) is 0 Å². The smallest absolute Gasteiger partial charge is 0.0559 e. The first-order valence-electron chi connectivity index (χ1n) is 7.76. The van der Waals surface area contributed by atoms with Crippen molar-refractivity contribution in [2.75, 3.05) is 0 Å². The van der Waals surface area contributed by atoms with Gasteiger partial charge >= 0.3 is 0 Å². The monoisotopic (exact) mass is 322 g/mol. The van der Waals surface area contributed by atoms with Gasteiger partial charge in [-0.15, -0.1) is 0 Å². The van der Waals surface area contributed by atoms with E-state index in [0.717, 1.165) is 0 Å². The van der Waals surface area contributed by atoms with E-state index in [2.05, 4.69) is 92.5 Å². The van der Waals surface area contributed by atoms with E-state index in [1.54, 1.807) is 0 Å². The second-order valence-corrected chi connectivity index (χ2v) is 13.3. The van der Waals surface area contributed by atoms with Crippen LogP contribution in [-0.4, -0.2) is 8.07 Å². The van der Waals surface area contributed by atoms with Gasteiger partial charge in [-0.3, -0.25) is 0 Å². The Labute approximate surface area is 139 Å². The lowest BCUT2D eigenvalue weighted by Gasteiger charge is -2.29. The summed E-state index contributed by atoms with van der Waals surface area (Å²) in [6.07, 6.45) is 4.97. The fourth-order valence-corrected chi connectivity index (χ4v) is 5.32. The van der Waals surface area contributed by atoms with Crippen LogP contribution in [0.1, 0.15) is 11.1 Å². The Bertz CT molecular complexity index is 638. The van der Waals surface area contributed by atoms with Crippen LogP contribution in [-0.2, 0) is 0 Å². The third-order valence-corrected chi connectivity index (χ3v) is 7.52. The molecule has 0 aliphatic carbocycles. The molecule has 22 heavy (non-hydrogen) atoms. The van der Waals surface area contributed by atoms with Crippen molar-refractivity contribution in [3.63, 3.8) is 0 Å². The zero-order valence-electron chi connectivity index (χ0n) is 13.4. The molecule has 1 aliphatic heterocycles. The van der Waals surface area contributed by atoms with E-state index in [-0.39, 0.29) is 0 Å². The van der Waals surface area contributed by atoms with E-state index in [1.165, 1.54) is 20.9 Å². The quantitative estimate of drug-likeness (QED) is 0.579. The molecule has 2 aromatic rings. The molecule has 0 radical (unpaired) electrons. The van der Waals surface area contributed by atoms with Crippen molar-refractivity contribution >= 4 is 29.6 Å². The molecule has 0 fully saturated rings. The first-order valence-corrected chi connectivity index (χ1v) is 12.2. The number of hydrogen-bond acceptors (Lipinski definition) is 1. The Balaban J connectivity index is 2.02. The van der Waals surface area contributed by atoms with Crippen molar-refractivity contribution in [3.05, 3.63) is 83.9 Å². The Kier molecular flexibility index (Phi) is 4.41. The van der Waals surface area contributed by atoms with E-state index in [4.69, 9.17) is 0 Å². The van der Waals surface area contributed by atoms with Crippen LogP contribution in [0, 0.1) is 0 Å². The fraction of sp³-hybridized carbons (Fsp3) is 0.200. The van der Waals surface area contributed by atoms with Crippen molar-refractivity contribution in [3.8, 4) is 0 Å². The molecule has 2 aromatic carbocycles. The van der Waals surface area contributed by atoms with Gasteiger partial charge in [0.1, 0.15) is 0 Å². The summed E-state index contributed by atoms with van der Waals surface area (Å²) in [7, 11) is -1.27. The van der Waals surface area contributed by atoms with Crippen molar-refractivity contribution in [2.45, 2.75) is 25.2 Å². The van der Waals surface area contributed by atoms with Crippen molar-refractivity contribution in [2.24, 2.45) is 0 Å². The molecule has 0 nitrogen and oxygen atoms in total. The fourth-order valence-electron chi connectivity index (χ4n) is 2.58. The number of allylic oxidation sites excluding steroid dienone is 2. The van der Waals surface area contributed by atoms with Crippen LogP contribution in [0.3, 0.4) is 0 Å². The second kappa shape index (κ2) is 6.31. The number of benzene rings is 2. The number of rotatable bonds is 3. The Hall–Kier alpha value is -1.51. The molecule has 0 spiro atoms. The first kappa shape index (κ1) is 15.4. The Morgan fingerprint density at radius 2 is 1.09 bits per heavy atom. The van der Waals surface area contributed by atoms with Crippen LogP contribution in [0.5, 0.6) is 0 Å².